The van der Waals surface area contributed by atoms with Gasteiger partial charge in [0.1, 0.15) is 17.7 Å². The first-order valence-corrected chi connectivity index (χ1v) is 14.6. The minimum Gasteiger partial charge on any atom is -0.391 e. The number of rotatable bonds is 4. The number of aliphatic hydroxyl groups is 2. The van der Waals surface area contributed by atoms with E-state index < -0.39 is 29.2 Å². The fourth-order valence-corrected chi connectivity index (χ4v) is 7.46. The standard InChI is InChI=1S/C28H51N5O4/c1-26(2,3)23(25(36)31-18-20(34)17-21(31)24(35)29-6)32-19-22(28(37)13-11-27(4,5)12-14-28)33(30-32)15-9-7-8-10-16-33/h20-23,30,34,37H,7-19H2,1-6H3/p+1/t20-,21+,22?,23-/m1/s1. The lowest BCUT2D eigenvalue weighted by Crippen LogP contribution is -2.68. The lowest BCUT2D eigenvalue weighted by molar-refractivity contribution is -0.990. The lowest BCUT2D eigenvalue weighted by Gasteiger charge is -2.48. The molecule has 212 valence electrons. The highest BCUT2D eigenvalue weighted by Gasteiger charge is 2.60. The van der Waals surface area contributed by atoms with Gasteiger partial charge >= 0.3 is 0 Å². The van der Waals surface area contributed by atoms with Crippen molar-refractivity contribution < 1.29 is 24.4 Å². The Hall–Kier alpha value is -1.26. The van der Waals surface area contributed by atoms with Crippen LogP contribution in [0.4, 0.5) is 0 Å². The van der Waals surface area contributed by atoms with Gasteiger partial charge in [0.05, 0.1) is 25.7 Å². The van der Waals surface area contributed by atoms with Crippen LogP contribution in [0.2, 0.25) is 0 Å². The van der Waals surface area contributed by atoms with Gasteiger partial charge in [-0.1, -0.05) is 40.2 Å². The Morgan fingerprint density at radius 3 is 2.16 bits per heavy atom. The fraction of sp³-hybridized carbons (Fsp3) is 0.929. The highest BCUT2D eigenvalue weighted by Crippen LogP contribution is 2.46. The molecule has 4 atom stereocenters. The van der Waals surface area contributed by atoms with Crippen molar-refractivity contribution in [2.45, 2.75) is 122 Å². The van der Waals surface area contributed by atoms with Gasteiger partial charge in [-0.25, -0.2) is 4.59 Å². The molecule has 9 nitrogen and oxygen atoms in total. The molecule has 0 aromatic rings. The van der Waals surface area contributed by atoms with E-state index in [0.29, 0.717) is 11.1 Å². The summed E-state index contributed by atoms with van der Waals surface area (Å²) in [7, 11) is 1.57. The molecule has 0 aromatic heterocycles. The molecule has 4 N–H and O–H groups in total. The van der Waals surface area contributed by atoms with Gasteiger partial charge in [-0.15, -0.1) is 0 Å². The molecule has 1 aliphatic carbocycles. The van der Waals surface area contributed by atoms with Gasteiger partial charge in [-0.3, -0.25) is 9.59 Å². The Labute approximate surface area is 223 Å². The van der Waals surface area contributed by atoms with Crippen LogP contribution in [-0.2, 0) is 9.59 Å². The minimum absolute atomic E-state index is 0.0155. The first-order valence-electron chi connectivity index (χ1n) is 14.6. The quantitative estimate of drug-likeness (QED) is 0.421. The summed E-state index contributed by atoms with van der Waals surface area (Å²) in [5.74, 6) is -0.365. The van der Waals surface area contributed by atoms with E-state index in [1.165, 1.54) is 12.8 Å². The molecule has 3 saturated heterocycles. The van der Waals surface area contributed by atoms with Crippen LogP contribution >= 0.6 is 0 Å². The molecule has 0 radical (unpaired) electrons. The zero-order chi connectivity index (χ0) is 27.2. The highest BCUT2D eigenvalue weighted by molar-refractivity contribution is 5.90. The molecule has 4 fully saturated rings. The van der Waals surface area contributed by atoms with E-state index in [4.69, 9.17) is 0 Å². The molecule has 3 heterocycles. The number of quaternary nitrogens is 1. The third-order valence-electron chi connectivity index (χ3n) is 9.72. The van der Waals surface area contributed by atoms with Crippen LogP contribution in [0.3, 0.4) is 0 Å². The maximum Gasteiger partial charge on any atom is 0.242 e. The summed E-state index contributed by atoms with van der Waals surface area (Å²) in [6, 6.07) is -1.21. The Balaban J connectivity index is 1.67. The molecule has 1 unspecified atom stereocenters. The van der Waals surface area contributed by atoms with Crippen LogP contribution < -0.4 is 10.9 Å². The van der Waals surface area contributed by atoms with Gasteiger partial charge in [0.15, 0.2) is 6.04 Å². The van der Waals surface area contributed by atoms with Crippen LogP contribution in [0, 0.1) is 10.8 Å². The molecule has 3 aliphatic heterocycles. The van der Waals surface area contributed by atoms with Crippen molar-refractivity contribution in [3.63, 3.8) is 0 Å². The van der Waals surface area contributed by atoms with E-state index in [9.17, 15) is 19.8 Å². The molecule has 9 heteroatoms. The molecule has 2 amide bonds. The van der Waals surface area contributed by atoms with Gasteiger partial charge in [0.25, 0.3) is 0 Å². The van der Waals surface area contributed by atoms with Crippen LogP contribution in [-0.4, -0.2) is 99.6 Å². The summed E-state index contributed by atoms with van der Waals surface area (Å²) in [4.78, 5) is 28.4. The summed E-state index contributed by atoms with van der Waals surface area (Å²) in [5.41, 5.74) is 2.87. The first-order chi connectivity index (χ1) is 17.2. The summed E-state index contributed by atoms with van der Waals surface area (Å²) in [5, 5.41) is 27.3. The van der Waals surface area contributed by atoms with Crippen molar-refractivity contribution in [1.29, 1.82) is 0 Å². The summed E-state index contributed by atoms with van der Waals surface area (Å²) in [6.07, 6.45) is 7.71. The van der Waals surface area contributed by atoms with E-state index in [0.717, 1.165) is 51.6 Å². The van der Waals surface area contributed by atoms with Gasteiger partial charge in [-0.05, 0) is 62.2 Å². The average Bonchev–Trinajstić information content (AvgIpc) is 3.29. The van der Waals surface area contributed by atoms with Crippen molar-refractivity contribution in [3.8, 4) is 0 Å². The summed E-state index contributed by atoms with van der Waals surface area (Å²) >= 11 is 0. The molecular weight excluding hydrogens is 470 g/mol. The molecule has 1 saturated carbocycles. The molecule has 1 spiro atoms. The molecule has 4 aliphatic rings. The molecule has 0 aromatic carbocycles. The number of hydrogen-bond acceptors (Lipinski definition) is 6. The topological polar surface area (TPSA) is 105 Å². The maximum atomic E-state index is 14.2. The average molecular weight is 523 g/mol. The summed E-state index contributed by atoms with van der Waals surface area (Å²) in [6.45, 7) is 13.4. The molecule has 4 rings (SSSR count). The number of amides is 2. The number of nitrogens with one attached hydrogen (secondary N) is 2. The van der Waals surface area contributed by atoms with Gasteiger partial charge in [0, 0.05) is 20.0 Å². The number of β-amino-alcohol motifs (C(OH)–C–C–N with tert-alkyl or cyclic N) is 1. The third-order valence-corrected chi connectivity index (χ3v) is 9.72. The van der Waals surface area contributed by atoms with Gasteiger partial charge < -0.3 is 20.4 Å². The van der Waals surface area contributed by atoms with Gasteiger partial charge in [0.2, 0.25) is 11.8 Å². The predicted octanol–water partition coefficient (Wildman–Crippen LogP) is 1.93. The second-order valence-corrected chi connectivity index (χ2v) is 14.2. The van der Waals surface area contributed by atoms with E-state index in [-0.39, 0.29) is 36.2 Å². The second-order valence-electron chi connectivity index (χ2n) is 14.2. The largest absolute Gasteiger partial charge is 0.391 e. The number of likely N-dealkylation sites (N-methyl/N-ethyl adjacent to an activating group) is 1. The molecular formula is C28H52N5O4+. The normalized spacial score (nSPS) is 32.8. The summed E-state index contributed by atoms with van der Waals surface area (Å²) < 4.78 is 0.637. The SMILES string of the molecule is CNC(=O)[C@@H]1C[C@@H](O)CN1C(=O)[C@@H](N1CC(C2(O)CCC(C)(C)CC2)[N+]2(CCCCCC2)N1)C(C)(C)C. The van der Waals surface area contributed by atoms with Crippen LogP contribution in [0.1, 0.15) is 92.4 Å². The van der Waals surface area contributed by atoms with Crippen molar-refractivity contribution >= 4 is 11.8 Å². The van der Waals surface area contributed by atoms with E-state index >= 15 is 0 Å². The van der Waals surface area contributed by atoms with Crippen LogP contribution in [0.25, 0.3) is 0 Å². The second kappa shape index (κ2) is 10.4. The number of hydrogen-bond donors (Lipinski definition) is 4. The minimum atomic E-state index is -0.776. The first kappa shape index (κ1) is 28.7. The smallest absolute Gasteiger partial charge is 0.242 e. The Bertz CT molecular complexity index is 838. The Morgan fingerprint density at radius 1 is 1.03 bits per heavy atom. The number of aliphatic hydroxyl groups excluding tert-OH is 1. The number of hydrazine groups is 1. The van der Waals surface area contributed by atoms with Crippen molar-refractivity contribution in [2.75, 3.05) is 33.2 Å². The van der Waals surface area contributed by atoms with Crippen molar-refractivity contribution in [3.05, 3.63) is 0 Å². The zero-order valence-electron chi connectivity index (χ0n) is 24.1. The van der Waals surface area contributed by atoms with Gasteiger partial charge in [-0.2, -0.15) is 5.01 Å². The van der Waals surface area contributed by atoms with Crippen LogP contribution in [0.15, 0.2) is 0 Å². The maximum absolute atomic E-state index is 14.2. The van der Waals surface area contributed by atoms with Crippen LogP contribution in [0.5, 0.6) is 0 Å². The number of carbonyl (C=O) groups is 2. The van der Waals surface area contributed by atoms with E-state index in [1.54, 1.807) is 11.9 Å². The number of nitrogens with zero attached hydrogens (tertiary/aromatic N) is 3. The fourth-order valence-electron chi connectivity index (χ4n) is 7.46. The lowest BCUT2D eigenvalue weighted by atomic mass is 9.68. The third kappa shape index (κ3) is 5.71. The van der Waals surface area contributed by atoms with Crippen molar-refractivity contribution in [1.82, 2.24) is 20.8 Å². The van der Waals surface area contributed by atoms with E-state index in [1.807, 2.05) is 0 Å². The molecule has 37 heavy (non-hydrogen) atoms. The monoisotopic (exact) mass is 522 g/mol. The highest BCUT2D eigenvalue weighted by atomic mass is 16.3. The molecule has 0 bridgehead atoms. The Kier molecular flexibility index (Phi) is 8.06. The number of carbonyl (C=O) groups excluding carboxylic acids is 2. The van der Waals surface area contributed by atoms with E-state index in [2.05, 4.69) is 50.5 Å². The predicted molar refractivity (Wildman–Crippen MR) is 143 cm³/mol. The zero-order valence-corrected chi connectivity index (χ0v) is 24.1. The Morgan fingerprint density at radius 2 is 1.62 bits per heavy atom. The number of likely N-dealkylation sites (tertiary alicyclic amines) is 1. The van der Waals surface area contributed by atoms with Crippen molar-refractivity contribution in [2.24, 2.45) is 10.8 Å².